The van der Waals surface area contributed by atoms with Gasteiger partial charge in [-0.25, -0.2) is 4.99 Å². The minimum Gasteiger partial charge on any atom is -0.402 e. The second-order valence-corrected chi connectivity index (χ2v) is 5.37. The molecule has 1 heterocycles. The van der Waals surface area contributed by atoms with Crippen LogP contribution < -0.4 is 0 Å². The molecule has 0 saturated carbocycles. The van der Waals surface area contributed by atoms with Gasteiger partial charge in [-0.1, -0.05) is 40.5 Å². The molecule has 0 amide bonds. The van der Waals surface area contributed by atoms with Crippen molar-refractivity contribution >= 4 is 12.2 Å². The first-order valence-corrected chi connectivity index (χ1v) is 7.37. The zero-order valence-corrected chi connectivity index (χ0v) is 13.3. The van der Waals surface area contributed by atoms with E-state index in [1.54, 1.807) is 6.21 Å². The van der Waals surface area contributed by atoms with E-state index in [1.165, 1.54) is 11.1 Å². The van der Waals surface area contributed by atoms with Crippen molar-refractivity contribution < 1.29 is 4.42 Å². The first kappa shape index (κ1) is 15.9. The molecule has 0 fully saturated rings. The molecular weight excluding hydrogens is 274 g/mol. The maximum atomic E-state index is 5.51. The number of nitrogens with zero attached hydrogens (tertiary/aromatic N) is 3. The Morgan fingerprint density at radius 2 is 1.91 bits per heavy atom. The van der Waals surface area contributed by atoms with Gasteiger partial charge in [0, 0.05) is 11.8 Å². The lowest BCUT2D eigenvalue weighted by Gasteiger charge is -1.95. The van der Waals surface area contributed by atoms with E-state index in [0.717, 1.165) is 18.4 Å². The fourth-order valence-electron chi connectivity index (χ4n) is 1.87. The third-order valence-electron chi connectivity index (χ3n) is 3.07. The van der Waals surface area contributed by atoms with Crippen LogP contribution in [0.25, 0.3) is 11.5 Å². The van der Waals surface area contributed by atoms with E-state index in [2.05, 4.69) is 42.0 Å². The standard InChI is InChI=1S/C18H21N3O/c1-14(2)8-7-9-15(3)12-13-19-18-21-20-17(22-18)16-10-5-4-6-11-16/h4-6,8,10-13H,7,9H2,1-3H3/b15-12-,19-13-. The molecule has 1 aromatic carbocycles. The zero-order chi connectivity index (χ0) is 15.8. The van der Waals surface area contributed by atoms with Gasteiger partial charge in [0.05, 0.1) is 0 Å². The van der Waals surface area contributed by atoms with Gasteiger partial charge in [0.2, 0.25) is 5.89 Å². The molecule has 0 aliphatic heterocycles. The molecule has 2 rings (SSSR count). The lowest BCUT2D eigenvalue weighted by molar-refractivity contribution is 0.580. The summed E-state index contributed by atoms with van der Waals surface area (Å²) in [4.78, 5) is 4.18. The summed E-state index contributed by atoms with van der Waals surface area (Å²) in [7, 11) is 0. The van der Waals surface area contributed by atoms with Crippen LogP contribution in [0.1, 0.15) is 33.6 Å². The summed E-state index contributed by atoms with van der Waals surface area (Å²) >= 11 is 0. The molecule has 0 aliphatic rings. The Morgan fingerprint density at radius 1 is 1.14 bits per heavy atom. The Balaban J connectivity index is 1.94. The van der Waals surface area contributed by atoms with Crippen molar-refractivity contribution in [3.8, 4) is 11.5 Å². The SMILES string of the molecule is CC(C)=CCC/C(C)=C\C=N/c1nnc(-c2ccccc2)o1. The van der Waals surface area contributed by atoms with E-state index in [-0.39, 0.29) is 6.01 Å². The smallest absolute Gasteiger partial charge is 0.342 e. The van der Waals surface area contributed by atoms with Gasteiger partial charge in [0.25, 0.3) is 0 Å². The average Bonchev–Trinajstić information content (AvgIpc) is 2.97. The highest BCUT2D eigenvalue weighted by Gasteiger charge is 2.05. The molecule has 2 aromatic rings. The van der Waals surface area contributed by atoms with Gasteiger partial charge in [-0.2, -0.15) is 0 Å². The lowest BCUT2D eigenvalue weighted by Crippen LogP contribution is -1.78. The number of hydrogen-bond acceptors (Lipinski definition) is 4. The molecular formula is C18H21N3O. The van der Waals surface area contributed by atoms with Crippen molar-refractivity contribution in [2.75, 3.05) is 0 Å². The molecule has 0 atom stereocenters. The van der Waals surface area contributed by atoms with Crippen LogP contribution in [0.4, 0.5) is 6.01 Å². The second-order valence-electron chi connectivity index (χ2n) is 5.37. The summed E-state index contributed by atoms with van der Waals surface area (Å²) < 4.78 is 5.51. The normalized spacial score (nSPS) is 11.9. The summed E-state index contributed by atoms with van der Waals surface area (Å²) in [6, 6.07) is 9.93. The van der Waals surface area contributed by atoms with Crippen LogP contribution in [0.2, 0.25) is 0 Å². The molecule has 0 N–H and O–H groups in total. The van der Waals surface area contributed by atoms with Crippen LogP contribution >= 0.6 is 0 Å². The third kappa shape index (κ3) is 5.13. The van der Waals surface area contributed by atoms with Gasteiger partial charge in [0.1, 0.15) is 0 Å². The van der Waals surface area contributed by atoms with Crippen LogP contribution in [-0.2, 0) is 0 Å². The molecule has 114 valence electrons. The monoisotopic (exact) mass is 295 g/mol. The summed E-state index contributed by atoms with van der Waals surface area (Å²) in [5.74, 6) is 0.483. The molecule has 4 heteroatoms. The predicted octanol–water partition coefficient (Wildman–Crippen LogP) is 5.13. The molecule has 0 saturated heterocycles. The van der Waals surface area contributed by atoms with Gasteiger partial charge in [-0.15, -0.1) is 5.10 Å². The van der Waals surface area contributed by atoms with Crippen molar-refractivity contribution in [1.82, 2.24) is 10.2 Å². The Kier molecular flexibility index (Phi) is 5.83. The zero-order valence-electron chi connectivity index (χ0n) is 13.3. The summed E-state index contributed by atoms with van der Waals surface area (Å²) in [5, 5.41) is 7.92. The van der Waals surface area contributed by atoms with Gasteiger partial charge in [-0.3, -0.25) is 0 Å². The molecule has 0 unspecified atom stereocenters. The third-order valence-corrected chi connectivity index (χ3v) is 3.07. The van der Waals surface area contributed by atoms with E-state index in [1.807, 2.05) is 36.4 Å². The quantitative estimate of drug-likeness (QED) is 0.548. The number of hydrogen-bond donors (Lipinski definition) is 0. The first-order valence-electron chi connectivity index (χ1n) is 7.37. The van der Waals surface area contributed by atoms with Crippen molar-refractivity contribution in [3.63, 3.8) is 0 Å². The predicted molar refractivity (Wildman–Crippen MR) is 90.3 cm³/mol. The van der Waals surface area contributed by atoms with E-state index < -0.39 is 0 Å². The number of benzene rings is 1. The average molecular weight is 295 g/mol. The molecule has 0 spiro atoms. The molecule has 0 bridgehead atoms. The van der Waals surface area contributed by atoms with E-state index in [4.69, 9.17) is 4.42 Å². The highest BCUT2D eigenvalue weighted by molar-refractivity contribution is 5.74. The largest absolute Gasteiger partial charge is 0.402 e. The molecule has 0 radical (unpaired) electrons. The fraction of sp³-hybridized carbons (Fsp3) is 0.278. The molecule has 0 aliphatic carbocycles. The van der Waals surface area contributed by atoms with Gasteiger partial charge in [0.15, 0.2) is 0 Å². The van der Waals surface area contributed by atoms with Crippen LogP contribution in [0.5, 0.6) is 0 Å². The van der Waals surface area contributed by atoms with E-state index >= 15 is 0 Å². The number of allylic oxidation sites excluding steroid dienone is 4. The van der Waals surface area contributed by atoms with Gasteiger partial charge in [-0.05, 0) is 51.8 Å². The van der Waals surface area contributed by atoms with Gasteiger partial charge < -0.3 is 4.42 Å². The minimum atomic E-state index is 0.271. The maximum absolute atomic E-state index is 5.51. The van der Waals surface area contributed by atoms with Crippen molar-refractivity contribution in [1.29, 1.82) is 0 Å². The molecule has 22 heavy (non-hydrogen) atoms. The lowest BCUT2D eigenvalue weighted by atomic mass is 10.1. The van der Waals surface area contributed by atoms with Crippen molar-refractivity contribution in [2.24, 2.45) is 4.99 Å². The first-order chi connectivity index (χ1) is 10.6. The minimum absolute atomic E-state index is 0.271. The Labute approximate surface area is 131 Å². The topological polar surface area (TPSA) is 51.3 Å². The summed E-state index contributed by atoms with van der Waals surface area (Å²) in [6.07, 6.45) is 8.00. The Hall–Kier alpha value is -2.49. The highest BCUT2D eigenvalue weighted by Crippen LogP contribution is 2.20. The maximum Gasteiger partial charge on any atom is 0.342 e. The van der Waals surface area contributed by atoms with E-state index in [9.17, 15) is 0 Å². The highest BCUT2D eigenvalue weighted by atomic mass is 16.4. The van der Waals surface area contributed by atoms with Crippen molar-refractivity contribution in [3.05, 3.63) is 53.6 Å². The van der Waals surface area contributed by atoms with Crippen LogP contribution in [0.15, 0.2) is 63.0 Å². The number of aliphatic imine (C=N–C) groups is 1. The summed E-state index contributed by atoms with van der Waals surface area (Å²) in [6.45, 7) is 6.31. The van der Waals surface area contributed by atoms with Crippen LogP contribution in [0, 0.1) is 0 Å². The Morgan fingerprint density at radius 3 is 2.64 bits per heavy atom. The number of rotatable bonds is 6. The molecule has 4 nitrogen and oxygen atoms in total. The fourth-order valence-corrected chi connectivity index (χ4v) is 1.87. The van der Waals surface area contributed by atoms with Crippen molar-refractivity contribution in [2.45, 2.75) is 33.6 Å². The number of aromatic nitrogens is 2. The molecule has 1 aromatic heterocycles. The summed E-state index contributed by atoms with van der Waals surface area (Å²) in [5.41, 5.74) is 3.51. The van der Waals surface area contributed by atoms with Crippen LogP contribution in [0.3, 0.4) is 0 Å². The van der Waals surface area contributed by atoms with Crippen LogP contribution in [-0.4, -0.2) is 16.4 Å². The van der Waals surface area contributed by atoms with Gasteiger partial charge >= 0.3 is 6.01 Å². The second kappa shape index (κ2) is 8.08. The Bertz CT molecular complexity index is 677. The van der Waals surface area contributed by atoms with E-state index in [0.29, 0.717) is 5.89 Å².